The molecule has 4 aromatic rings. The molecule has 1 aromatic heterocycles. The molecule has 0 radical (unpaired) electrons. The van der Waals surface area contributed by atoms with E-state index in [4.69, 9.17) is 18.9 Å². The van der Waals surface area contributed by atoms with Gasteiger partial charge in [-0.15, -0.1) is 5.54 Å². The second-order valence-corrected chi connectivity index (χ2v) is 20.6. The monoisotopic (exact) mass is 710 g/mol. The summed E-state index contributed by atoms with van der Waals surface area (Å²) < 4.78 is 83.2. The van der Waals surface area contributed by atoms with Crippen molar-refractivity contribution in [3.8, 4) is 40.2 Å². The van der Waals surface area contributed by atoms with E-state index in [0.29, 0.717) is 38.7 Å². The highest BCUT2D eigenvalue weighted by Crippen LogP contribution is 2.49. The van der Waals surface area contributed by atoms with Gasteiger partial charge in [0.15, 0.2) is 12.6 Å². The first kappa shape index (κ1) is 37.4. The fraction of sp³-hybridized carbons (Fsp3) is 0.487. The van der Waals surface area contributed by atoms with Crippen LogP contribution < -0.4 is 14.2 Å². The van der Waals surface area contributed by atoms with Gasteiger partial charge in [0, 0.05) is 30.0 Å². The molecule has 0 unspecified atom stereocenters. The van der Waals surface area contributed by atoms with E-state index in [1.165, 1.54) is 7.11 Å². The van der Waals surface area contributed by atoms with Gasteiger partial charge in [0.1, 0.15) is 37.4 Å². The second-order valence-electron chi connectivity index (χ2n) is 15.0. The largest absolute Gasteiger partial charge is 0.471 e. The Morgan fingerprint density at radius 3 is 2.20 bits per heavy atom. The molecule has 50 heavy (non-hydrogen) atoms. The van der Waals surface area contributed by atoms with Crippen molar-refractivity contribution in [2.45, 2.75) is 96.9 Å². The zero-order chi connectivity index (χ0) is 36.8. The summed E-state index contributed by atoms with van der Waals surface area (Å²) in [6.45, 7) is 18.2. The second kappa shape index (κ2) is 14.0. The van der Waals surface area contributed by atoms with Crippen molar-refractivity contribution in [2.24, 2.45) is 5.92 Å². The smallest absolute Gasteiger partial charge is 0.320 e. The molecule has 0 N–H and O–H groups in total. The summed E-state index contributed by atoms with van der Waals surface area (Å²) in [5, 5.41) is 1.19. The molecule has 268 valence electrons. The van der Waals surface area contributed by atoms with Crippen LogP contribution in [0.4, 0.5) is 17.6 Å². The topological polar surface area (TPSA) is 62.7 Å². The maximum absolute atomic E-state index is 17.0. The molecule has 1 saturated carbocycles. The predicted octanol–water partition coefficient (Wildman–Crippen LogP) is 10.5. The molecule has 11 heteroatoms. The van der Waals surface area contributed by atoms with Gasteiger partial charge < -0.3 is 18.9 Å². The number of hydrogen-bond donors (Lipinski definition) is 0. The van der Waals surface area contributed by atoms with Crippen molar-refractivity contribution in [1.29, 1.82) is 0 Å². The van der Waals surface area contributed by atoms with E-state index in [2.05, 4.69) is 63.0 Å². The average Bonchev–Trinajstić information content (AvgIpc) is 3.64. The van der Waals surface area contributed by atoms with Gasteiger partial charge in [0.05, 0.1) is 16.9 Å². The van der Waals surface area contributed by atoms with Crippen molar-refractivity contribution in [3.05, 3.63) is 53.6 Å². The minimum Gasteiger partial charge on any atom is -0.471 e. The van der Waals surface area contributed by atoms with Gasteiger partial charge in [0.2, 0.25) is 5.88 Å². The van der Waals surface area contributed by atoms with Crippen LogP contribution in [0.1, 0.15) is 74.3 Å². The van der Waals surface area contributed by atoms with E-state index in [9.17, 15) is 8.78 Å². The van der Waals surface area contributed by atoms with E-state index >= 15 is 8.78 Å². The van der Waals surface area contributed by atoms with Crippen LogP contribution in [0.2, 0.25) is 16.6 Å². The van der Waals surface area contributed by atoms with Crippen molar-refractivity contribution in [2.75, 3.05) is 20.5 Å². The lowest BCUT2D eigenvalue weighted by Crippen LogP contribution is -2.43. The number of rotatable bonds is 11. The van der Waals surface area contributed by atoms with Crippen LogP contribution in [0.3, 0.4) is 0 Å². The molecule has 6 nitrogen and oxygen atoms in total. The van der Waals surface area contributed by atoms with E-state index < -0.39 is 37.1 Å². The van der Waals surface area contributed by atoms with Crippen LogP contribution >= 0.6 is 0 Å². The molecule has 0 bridgehead atoms. The summed E-state index contributed by atoms with van der Waals surface area (Å²) in [7, 11) is -0.697. The number of hydrogen-bond acceptors (Lipinski definition) is 6. The first-order valence-corrected chi connectivity index (χ1v) is 19.2. The summed E-state index contributed by atoms with van der Waals surface area (Å²) in [6.07, 6.45) is -0.315. The molecule has 0 spiro atoms. The number of aromatic nitrogens is 2. The van der Waals surface area contributed by atoms with Crippen molar-refractivity contribution < 1.29 is 36.5 Å². The van der Waals surface area contributed by atoms with Crippen LogP contribution in [0.15, 0.2) is 36.4 Å². The lowest BCUT2D eigenvalue weighted by Gasteiger charge is -2.38. The first-order valence-electron chi connectivity index (χ1n) is 17.0. The summed E-state index contributed by atoms with van der Waals surface area (Å²) in [6, 6.07) is 9.71. The molecule has 1 heterocycles. The Morgan fingerprint density at radius 2 is 1.62 bits per heavy atom. The third kappa shape index (κ3) is 7.42. The third-order valence-corrected chi connectivity index (χ3v) is 15.7. The van der Waals surface area contributed by atoms with Crippen LogP contribution in [-0.2, 0) is 4.74 Å². The molecule has 0 aliphatic heterocycles. The fourth-order valence-electron chi connectivity index (χ4n) is 6.97. The Balaban J connectivity index is 1.79. The van der Waals surface area contributed by atoms with E-state index in [1.807, 2.05) is 18.2 Å². The molecule has 1 aliphatic carbocycles. The molecule has 0 saturated heterocycles. The number of halogens is 4. The molecule has 5 rings (SSSR count). The predicted molar refractivity (Wildman–Crippen MR) is 192 cm³/mol. The van der Waals surface area contributed by atoms with Crippen molar-refractivity contribution >= 4 is 29.7 Å². The highest BCUT2D eigenvalue weighted by atomic mass is 28.3. The van der Waals surface area contributed by atoms with Crippen LogP contribution in [0.25, 0.3) is 32.8 Å². The summed E-state index contributed by atoms with van der Waals surface area (Å²) in [5.41, 5.74) is 4.25. The minimum atomic E-state index is -2.83. The maximum Gasteiger partial charge on any atom is 0.320 e. The number of methoxy groups -OCH3 is 1. The first-order chi connectivity index (χ1) is 23.4. The fourth-order valence-corrected chi connectivity index (χ4v) is 12.2. The Morgan fingerprint density at radius 1 is 0.960 bits per heavy atom. The van der Waals surface area contributed by atoms with Gasteiger partial charge in [-0.05, 0) is 67.0 Å². The van der Waals surface area contributed by atoms with Crippen LogP contribution in [0.5, 0.6) is 17.6 Å². The maximum atomic E-state index is 17.0. The van der Waals surface area contributed by atoms with Gasteiger partial charge in [-0.25, -0.2) is 17.6 Å². The number of ether oxygens (including phenoxy) is 4. The van der Waals surface area contributed by atoms with E-state index in [1.54, 1.807) is 32.9 Å². The Labute approximate surface area is 292 Å². The number of alkyl halides is 2. The lowest BCUT2D eigenvalue weighted by atomic mass is 9.93. The molecule has 1 atom stereocenters. The Bertz CT molecular complexity index is 1940. The number of nitrogens with zero attached hydrogens (tertiary/aromatic N) is 2. The summed E-state index contributed by atoms with van der Waals surface area (Å²) in [4.78, 5) is 8.51. The zero-order valence-electron chi connectivity index (χ0n) is 30.4. The summed E-state index contributed by atoms with van der Waals surface area (Å²) in [5.74, 6) is -2.02. The van der Waals surface area contributed by atoms with Gasteiger partial charge >= 0.3 is 6.01 Å². The van der Waals surface area contributed by atoms with Crippen molar-refractivity contribution in [1.82, 2.24) is 9.97 Å². The normalized spacial score (nSPS) is 15.9. The van der Waals surface area contributed by atoms with Gasteiger partial charge in [-0.1, -0.05) is 59.6 Å². The highest BCUT2D eigenvalue weighted by Gasteiger charge is 2.57. The third-order valence-electron chi connectivity index (χ3n) is 9.44. The molecular formula is C39H46F4N2O4Si. The highest BCUT2D eigenvalue weighted by molar-refractivity contribution is 6.90. The van der Waals surface area contributed by atoms with E-state index in [0.717, 1.165) is 6.07 Å². The Hall–Kier alpha value is -3.88. The Kier molecular flexibility index (Phi) is 10.5. The SMILES string of the molecule is COCOc1cc(-c2c(F)cc3c(OC(C)(C)C)nc(OC[C@@H]4CC4(F)F)nc3c2F)c2c(C#C[Si](C(C)C)(C(C)C)C(C)C)cccc2c1. The minimum absolute atomic E-state index is 0.0273. The molecular weight excluding hydrogens is 665 g/mol. The zero-order valence-corrected chi connectivity index (χ0v) is 31.4. The molecule has 0 amide bonds. The molecule has 1 fully saturated rings. The van der Waals surface area contributed by atoms with Gasteiger partial charge in [-0.3, -0.25) is 0 Å². The molecule has 1 aliphatic rings. The van der Waals surface area contributed by atoms with Crippen LogP contribution in [-0.4, -0.2) is 50.1 Å². The number of fused-ring (bicyclic) bond motifs is 2. The van der Waals surface area contributed by atoms with Crippen molar-refractivity contribution in [3.63, 3.8) is 0 Å². The molecule has 3 aromatic carbocycles. The van der Waals surface area contributed by atoms with E-state index in [-0.39, 0.29) is 53.7 Å². The summed E-state index contributed by atoms with van der Waals surface area (Å²) >= 11 is 0. The standard InChI is InChI=1S/C39H46F4N2O4Si/c1-22(2)50(23(3)4,24(5)6)15-14-25-12-11-13-26-16-28(48-21-46-10)17-29(32(25)26)33-31(40)18-30-35(34(33)41)44-37(45-36(30)49-38(7,8)9)47-20-27-19-39(27,42)43/h11-13,16-18,22-24,27H,19-21H2,1-10H3/t27-/m0/s1. The quantitative estimate of drug-likeness (QED) is 0.0668. The van der Waals surface area contributed by atoms with Gasteiger partial charge in [-0.2, -0.15) is 9.97 Å². The van der Waals surface area contributed by atoms with Crippen LogP contribution in [0, 0.1) is 29.0 Å². The van der Waals surface area contributed by atoms with Gasteiger partial charge in [0.25, 0.3) is 5.92 Å². The number of benzene rings is 3. The average molecular weight is 711 g/mol. The lowest BCUT2D eigenvalue weighted by molar-refractivity contribution is 0.0512.